The number of hydrogen-bond donors (Lipinski definition) is 0. The van der Waals surface area contributed by atoms with Crippen LogP contribution in [0.15, 0.2) is 77.3 Å². The van der Waals surface area contributed by atoms with Crippen molar-refractivity contribution in [3.05, 3.63) is 94.0 Å². The third-order valence-electron chi connectivity index (χ3n) is 6.03. The second kappa shape index (κ2) is 12.7. The summed E-state index contributed by atoms with van der Waals surface area (Å²) >= 11 is 3.30. The average molecular weight is 608 g/mol. The maximum atomic E-state index is 12.6. The lowest BCUT2D eigenvalue weighted by Gasteiger charge is -2.17. The number of anilines is 1. The largest absolute Gasteiger partial charge is 0.459 e. The molecule has 0 N–H and O–H groups in total. The lowest BCUT2D eigenvalue weighted by molar-refractivity contribution is -0.147. The van der Waals surface area contributed by atoms with Gasteiger partial charge in [0.25, 0.3) is 0 Å². The van der Waals surface area contributed by atoms with Gasteiger partial charge in [-0.05, 0) is 86.6 Å². The Bertz CT molecular complexity index is 1420. The second-order valence-electron chi connectivity index (χ2n) is 9.36. The summed E-state index contributed by atoms with van der Waals surface area (Å²) in [5, 5.41) is 0. The molecule has 1 aliphatic rings. The Morgan fingerprint density at radius 1 is 0.850 bits per heavy atom. The maximum Gasteiger partial charge on any atom is 0.343 e. The summed E-state index contributed by atoms with van der Waals surface area (Å²) in [5.41, 5.74) is 1.55. The first-order chi connectivity index (χ1) is 19.1. The number of ketones is 1. The van der Waals surface area contributed by atoms with Crippen LogP contribution in [0.25, 0.3) is 0 Å². The number of hydrogen-bond acceptors (Lipinski definition) is 8. The minimum Gasteiger partial charge on any atom is -0.459 e. The molecule has 0 unspecified atom stereocenters. The van der Waals surface area contributed by atoms with Crippen molar-refractivity contribution in [2.45, 2.75) is 26.4 Å². The Balaban J connectivity index is 1.27. The van der Waals surface area contributed by atoms with Crippen molar-refractivity contribution in [1.29, 1.82) is 0 Å². The highest BCUT2D eigenvalue weighted by atomic mass is 79.9. The van der Waals surface area contributed by atoms with Crippen LogP contribution in [0, 0.1) is 5.92 Å². The van der Waals surface area contributed by atoms with E-state index in [0.29, 0.717) is 16.8 Å². The highest BCUT2D eigenvalue weighted by Crippen LogP contribution is 2.26. The molecule has 9 nitrogen and oxygen atoms in total. The molecule has 3 aromatic rings. The minimum absolute atomic E-state index is 0.0530. The molecule has 1 aliphatic heterocycles. The second-order valence-corrected chi connectivity index (χ2v) is 10.3. The zero-order valence-corrected chi connectivity index (χ0v) is 23.4. The zero-order valence-electron chi connectivity index (χ0n) is 21.8. The van der Waals surface area contributed by atoms with Gasteiger partial charge in [-0.25, -0.2) is 9.59 Å². The summed E-state index contributed by atoms with van der Waals surface area (Å²) in [5.74, 6) is -2.83. The van der Waals surface area contributed by atoms with Crippen LogP contribution in [0.5, 0.6) is 5.75 Å². The van der Waals surface area contributed by atoms with Crippen LogP contribution in [0.4, 0.5) is 5.69 Å². The van der Waals surface area contributed by atoms with Gasteiger partial charge in [0, 0.05) is 28.7 Å². The van der Waals surface area contributed by atoms with Crippen LogP contribution < -0.4 is 9.64 Å². The Morgan fingerprint density at radius 2 is 1.43 bits per heavy atom. The third-order valence-corrected chi connectivity index (χ3v) is 6.56. The van der Waals surface area contributed by atoms with E-state index in [1.807, 2.05) is 0 Å². The summed E-state index contributed by atoms with van der Waals surface area (Å²) < 4.78 is 16.5. The molecule has 1 amide bonds. The van der Waals surface area contributed by atoms with Crippen molar-refractivity contribution in [1.82, 2.24) is 0 Å². The van der Waals surface area contributed by atoms with Gasteiger partial charge in [0.15, 0.2) is 12.4 Å². The lowest BCUT2D eigenvalue weighted by Crippen LogP contribution is -2.27. The normalized spacial score (nSPS) is 14.7. The number of amides is 1. The molecule has 1 fully saturated rings. The number of rotatable bonds is 9. The summed E-state index contributed by atoms with van der Waals surface area (Å²) in [4.78, 5) is 63.4. The van der Waals surface area contributed by atoms with Gasteiger partial charge in [0.1, 0.15) is 5.75 Å². The SMILES string of the molecule is CC(C)OC(=O)c1ccc(N2C[C@H](C(=O)OCC(=O)c3ccc(OC(=O)c4ccc(Br)cc4)cc3)CC2=O)cc1. The average Bonchev–Trinajstić information content (AvgIpc) is 3.33. The predicted molar refractivity (Wildman–Crippen MR) is 148 cm³/mol. The van der Waals surface area contributed by atoms with E-state index < -0.39 is 36.2 Å². The fourth-order valence-electron chi connectivity index (χ4n) is 3.97. The first-order valence-electron chi connectivity index (χ1n) is 12.5. The number of benzene rings is 3. The quantitative estimate of drug-likeness (QED) is 0.189. The minimum atomic E-state index is -0.730. The van der Waals surface area contributed by atoms with Gasteiger partial charge in [0.05, 0.1) is 23.1 Å². The van der Waals surface area contributed by atoms with Gasteiger partial charge >= 0.3 is 17.9 Å². The summed E-state index contributed by atoms with van der Waals surface area (Å²) in [6.45, 7) is 3.11. The van der Waals surface area contributed by atoms with E-state index in [-0.39, 0.29) is 36.3 Å². The number of esters is 3. The Kier molecular flexibility index (Phi) is 9.11. The van der Waals surface area contributed by atoms with E-state index in [9.17, 15) is 24.0 Å². The van der Waals surface area contributed by atoms with Crippen molar-refractivity contribution in [2.75, 3.05) is 18.1 Å². The smallest absolute Gasteiger partial charge is 0.343 e. The van der Waals surface area contributed by atoms with Crippen molar-refractivity contribution in [3.63, 3.8) is 0 Å². The predicted octanol–water partition coefficient (Wildman–Crippen LogP) is 5.01. The molecule has 0 spiro atoms. The van der Waals surface area contributed by atoms with E-state index in [1.54, 1.807) is 62.4 Å². The van der Waals surface area contributed by atoms with E-state index in [4.69, 9.17) is 14.2 Å². The van der Waals surface area contributed by atoms with E-state index in [1.165, 1.54) is 29.2 Å². The van der Waals surface area contributed by atoms with Gasteiger partial charge in [-0.3, -0.25) is 14.4 Å². The Hall–Kier alpha value is -4.31. The van der Waals surface area contributed by atoms with Gasteiger partial charge in [-0.1, -0.05) is 15.9 Å². The standard InChI is InChI=1S/C30H26BrNO8/c1-18(2)39-29(36)21-5-11-24(12-6-21)32-16-22(15-27(32)34)28(35)38-17-26(33)19-7-13-25(14-8-19)40-30(37)20-3-9-23(31)10-4-20/h3-14,18,22H,15-17H2,1-2H3/t22-/m1/s1. The monoisotopic (exact) mass is 607 g/mol. The van der Waals surface area contributed by atoms with Crippen LogP contribution in [-0.2, 0) is 19.1 Å². The van der Waals surface area contributed by atoms with Crippen LogP contribution in [0.3, 0.4) is 0 Å². The number of carbonyl (C=O) groups is 5. The van der Waals surface area contributed by atoms with E-state index in [2.05, 4.69) is 15.9 Å². The molecule has 0 saturated carbocycles. The third kappa shape index (κ3) is 7.20. The van der Waals surface area contributed by atoms with Crippen molar-refractivity contribution in [3.8, 4) is 5.75 Å². The number of Topliss-reactive ketones (excluding diaryl/α,β-unsaturated/α-hetero) is 1. The molecule has 10 heteroatoms. The number of ether oxygens (including phenoxy) is 3. The Morgan fingerprint density at radius 3 is 2.05 bits per heavy atom. The fourth-order valence-corrected chi connectivity index (χ4v) is 4.24. The molecule has 40 heavy (non-hydrogen) atoms. The molecule has 0 aromatic heterocycles. The van der Waals surface area contributed by atoms with E-state index >= 15 is 0 Å². The molecule has 0 radical (unpaired) electrons. The molecule has 4 rings (SSSR count). The van der Waals surface area contributed by atoms with Gasteiger partial charge < -0.3 is 19.1 Å². The summed E-state index contributed by atoms with van der Waals surface area (Å²) in [6.07, 6.45) is -0.305. The van der Waals surface area contributed by atoms with Crippen LogP contribution in [0.1, 0.15) is 51.3 Å². The molecule has 206 valence electrons. The van der Waals surface area contributed by atoms with Gasteiger partial charge in [0.2, 0.25) is 5.91 Å². The zero-order chi connectivity index (χ0) is 28.8. The van der Waals surface area contributed by atoms with Crippen LogP contribution >= 0.6 is 15.9 Å². The molecule has 1 atom stereocenters. The Labute approximate surface area is 239 Å². The van der Waals surface area contributed by atoms with Crippen molar-refractivity contribution < 1.29 is 38.2 Å². The van der Waals surface area contributed by atoms with E-state index in [0.717, 1.165) is 4.47 Å². The number of halogens is 1. The van der Waals surface area contributed by atoms with Crippen molar-refractivity contribution >= 4 is 51.2 Å². The molecule has 1 saturated heterocycles. The first-order valence-corrected chi connectivity index (χ1v) is 13.3. The molecular weight excluding hydrogens is 582 g/mol. The van der Waals surface area contributed by atoms with Crippen LogP contribution in [0.2, 0.25) is 0 Å². The van der Waals surface area contributed by atoms with Gasteiger partial charge in [-0.15, -0.1) is 0 Å². The number of carbonyl (C=O) groups excluding carboxylic acids is 5. The molecule has 1 heterocycles. The van der Waals surface area contributed by atoms with Crippen LogP contribution in [-0.4, -0.2) is 48.9 Å². The number of nitrogens with zero attached hydrogens (tertiary/aromatic N) is 1. The summed E-state index contributed by atoms with van der Waals surface area (Å²) in [6, 6.07) is 19.0. The summed E-state index contributed by atoms with van der Waals surface area (Å²) in [7, 11) is 0. The fraction of sp³-hybridized carbons (Fsp3) is 0.233. The topological polar surface area (TPSA) is 116 Å². The molecule has 0 bridgehead atoms. The molecular formula is C30H26BrNO8. The lowest BCUT2D eigenvalue weighted by atomic mass is 10.1. The maximum absolute atomic E-state index is 12.6. The molecule has 3 aromatic carbocycles. The highest BCUT2D eigenvalue weighted by molar-refractivity contribution is 9.10. The highest BCUT2D eigenvalue weighted by Gasteiger charge is 2.36. The molecule has 0 aliphatic carbocycles. The van der Waals surface area contributed by atoms with Crippen molar-refractivity contribution in [2.24, 2.45) is 5.92 Å². The first kappa shape index (κ1) is 28.7. The van der Waals surface area contributed by atoms with Gasteiger partial charge in [-0.2, -0.15) is 0 Å².